The van der Waals surface area contributed by atoms with Gasteiger partial charge >= 0.3 is 6.18 Å². The lowest BCUT2D eigenvalue weighted by Crippen LogP contribution is -2.66. The molecule has 0 aliphatic carbocycles. The molecule has 6 nitrogen and oxygen atoms in total. The molecule has 2 aromatic carbocycles. The molecule has 4 rings (SSSR count). The van der Waals surface area contributed by atoms with Crippen LogP contribution in [0.4, 0.5) is 13.2 Å². The standard InChI is InChI=1S/C27H22F3N3O3/c1-18-22(23(34)20-11-6-3-7-12-20)26(27(28,29)30,32-24(35)21-13-8-15-31-17-21)25(36)33(18)16-14-19-9-4-2-5-10-19/h2-13,15,17H,14,16H2,1H3,(H,32,35)/t26-/m0/s1. The monoisotopic (exact) mass is 493 g/mol. The Morgan fingerprint density at radius 2 is 1.56 bits per heavy atom. The van der Waals surface area contributed by atoms with E-state index in [9.17, 15) is 27.6 Å². The van der Waals surface area contributed by atoms with Crippen molar-refractivity contribution in [1.82, 2.24) is 15.2 Å². The van der Waals surface area contributed by atoms with Crippen LogP contribution in [0.3, 0.4) is 0 Å². The number of aromatic nitrogens is 1. The molecule has 3 aromatic rings. The Morgan fingerprint density at radius 3 is 2.14 bits per heavy atom. The number of pyridine rings is 1. The smallest absolute Gasteiger partial charge is 0.326 e. The maximum Gasteiger partial charge on any atom is 0.425 e. The summed E-state index contributed by atoms with van der Waals surface area (Å²) in [6, 6.07) is 19.0. The number of carbonyl (C=O) groups is 3. The average Bonchev–Trinajstić information content (AvgIpc) is 3.10. The number of alkyl halides is 3. The Bertz CT molecular complexity index is 1310. The molecular formula is C27H22F3N3O3. The SMILES string of the molecule is CC1=C(C(=O)c2ccccc2)[C@@](NC(=O)c2cccnc2)(C(F)(F)F)C(=O)N1CCc1ccccc1. The van der Waals surface area contributed by atoms with Gasteiger partial charge in [-0.05, 0) is 31.0 Å². The van der Waals surface area contributed by atoms with Gasteiger partial charge in [-0.2, -0.15) is 13.2 Å². The number of benzene rings is 2. The highest BCUT2D eigenvalue weighted by atomic mass is 19.4. The summed E-state index contributed by atoms with van der Waals surface area (Å²) in [7, 11) is 0. The van der Waals surface area contributed by atoms with E-state index in [2.05, 4.69) is 4.98 Å². The highest BCUT2D eigenvalue weighted by molar-refractivity contribution is 6.19. The van der Waals surface area contributed by atoms with E-state index < -0.39 is 34.9 Å². The highest BCUT2D eigenvalue weighted by Crippen LogP contribution is 2.46. The predicted octanol–water partition coefficient (Wildman–Crippen LogP) is 4.35. The number of nitrogens with zero attached hydrogens (tertiary/aromatic N) is 2. The Kier molecular flexibility index (Phi) is 6.74. The largest absolute Gasteiger partial charge is 0.425 e. The van der Waals surface area contributed by atoms with Gasteiger partial charge in [0.15, 0.2) is 5.78 Å². The fourth-order valence-corrected chi connectivity index (χ4v) is 4.28. The summed E-state index contributed by atoms with van der Waals surface area (Å²) < 4.78 is 44.7. The third-order valence-corrected chi connectivity index (χ3v) is 6.09. The third-order valence-electron chi connectivity index (χ3n) is 6.09. The minimum absolute atomic E-state index is 0.0335. The van der Waals surface area contributed by atoms with Crippen LogP contribution in [-0.2, 0) is 11.2 Å². The van der Waals surface area contributed by atoms with Crippen molar-refractivity contribution in [3.05, 3.63) is 113 Å². The van der Waals surface area contributed by atoms with Gasteiger partial charge in [-0.3, -0.25) is 19.4 Å². The van der Waals surface area contributed by atoms with Crippen LogP contribution in [0.5, 0.6) is 0 Å². The van der Waals surface area contributed by atoms with Gasteiger partial charge in [-0.1, -0.05) is 60.7 Å². The van der Waals surface area contributed by atoms with Crippen LogP contribution in [0.15, 0.2) is 96.5 Å². The molecule has 0 saturated carbocycles. The first kappa shape index (κ1) is 24.8. The molecule has 0 bridgehead atoms. The van der Waals surface area contributed by atoms with Crippen molar-refractivity contribution in [1.29, 1.82) is 0 Å². The highest BCUT2D eigenvalue weighted by Gasteiger charge is 2.70. The second kappa shape index (κ2) is 9.77. The molecule has 1 aromatic heterocycles. The molecule has 0 radical (unpaired) electrons. The first-order valence-corrected chi connectivity index (χ1v) is 11.1. The fraction of sp³-hybridized carbons (Fsp3) is 0.185. The number of halogens is 3. The zero-order valence-corrected chi connectivity index (χ0v) is 19.3. The van der Waals surface area contributed by atoms with E-state index in [0.717, 1.165) is 16.7 Å². The summed E-state index contributed by atoms with van der Waals surface area (Å²) in [6.45, 7) is 1.18. The molecule has 0 saturated heterocycles. The van der Waals surface area contributed by atoms with Crippen molar-refractivity contribution in [2.24, 2.45) is 0 Å². The van der Waals surface area contributed by atoms with Gasteiger partial charge < -0.3 is 10.2 Å². The minimum Gasteiger partial charge on any atom is -0.326 e. The lowest BCUT2D eigenvalue weighted by molar-refractivity contribution is -0.189. The molecule has 1 N–H and O–H groups in total. The van der Waals surface area contributed by atoms with Crippen LogP contribution in [0.25, 0.3) is 0 Å². The van der Waals surface area contributed by atoms with Gasteiger partial charge in [0.2, 0.25) is 5.54 Å². The molecule has 2 amide bonds. The average molecular weight is 493 g/mol. The van der Waals surface area contributed by atoms with E-state index in [1.165, 1.54) is 49.5 Å². The van der Waals surface area contributed by atoms with Gasteiger partial charge in [0.05, 0.1) is 11.1 Å². The molecule has 1 atom stereocenters. The van der Waals surface area contributed by atoms with Gasteiger partial charge in [0, 0.05) is 30.2 Å². The summed E-state index contributed by atoms with van der Waals surface area (Å²) in [5.74, 6) is -3.60. The van der Waals surface area contributed by atoms with Gasteiger partial charge in [-0.25, -0.2) is 0 Å². The number of ketones is 1. The quantitative estimate of drug-likeness (QED) is 0.497. The van der Waals surface area contributed by atoms with Crippen molar-refractivity contribution >= 4 is 17.6 Å². The Balaban J connectivity index is 1.83. The van der Waals surface area contributed by atoms with Crippen LogP contribution < -0.4 is 5.32 Å². The molecule has 0 fully saturated rings. The number of rotatable bonds is 7. The summed E-state index contributed by atoms with van der Waals surface area (Å²) in [4.78, 5) is 44.7. The van der Waals surface area contributed by atoms with Crippen LogP contribution in [0.2, 0.25) is 0 Å². The predicted molar refractivity (Wildman–Crippen MR) is 126 cm³/mol. The Hall–Kier alpha value is -4.27. The van der Waals surface area contributed by atoms with Crippen LogP contribution in [0, 0.1) is 0 Å². The lowest BCUT2D eigenvalue weighted by Gasteiger charge is -2.33. The summed E-state index contributed by atoms with van der Waals surface area (Å²) in [6.07, 6.45) is -2.62. The van der Waals surface area contributed by atoms with Crippen LogP contribution >= 0.6 is 0 Å². The van der Waals surface area contributed by atoms with Crippen LogP contribution in [-0.4, -0.2) is 45.7 Å². The summed E-state index contributed by atoms with van der Waals surface area (Å²) in [5.41, 5.74) is -3.95. The van der Waals surface area contributed by atoms with E-state index >= 15 is 0 Å². The van der Waals surface area contributed by atoms with Crippen molar-refractivity contribution in [2.45, 2.75) is 25.1 Å². The first-order chi connectivity index (χ1) is 17.2. The molecule has 36 heavy (non-hydrogen) atoms. The normalized spacial score (nSPS) is 17.9. The molecule has 0 unspecified atom stereocenters. The number of hydrogen-bond donors (Lipinski definition) is 1. The Labute approximate surface area is 205 Å². The van der Waals surface area contributed by atoms with Crippen molar-refractivity contribution in [3.63, 3.8) is 0 Å². The third kappa shape index (κ3) is 4.39. The molecular weight excluding hydrogens is 471 g/mol. The maximum atomic E-state index is 14.9. The zero-order chi connectivity index (χ0) is 25.9. The fourth-order valence-electron chi connectivity index (χ4n) is 4.28. The number of hydrogen-bond acceptors (Lipinski definition) is 4. The number of carbonyl (C=O) groups excluding carboxylic acids is 3. The van der Waals surface area contributed by atoms with E-state index in [4.69, 9.17) is 0 Å². The van der Waals surface area contributed by atoms with E-state index in [1.807, 2.05) is 5.32 Å². The van der Waals surface area contributed by atoms with Crippen molar-refractivity contribution in [2.75, 3.05) is 6.54 Å². The molecule has 184 valence electrons. The Morgan fingerprint density at radius 1 is 0.944 bits per heavy atom. The second-order valence-electron chi connectivity index (χ2n) is 8.29. The second-order valence-corrected chi connectivity index (χ2v) is 8.29. The molecule has 2 heterocycles. The van der Waals surface area contributed by atoms with Gasteiger partial charge in [0.25, 0.3) is 11.8 Å². The van der Waals surface area contributed by atoms with E-state index in [-0.39, 0.29) is 29.8 Å². The molecule has 1 aliphatic heterocycles. The summed E-state index contributed by atoms with van der Waals surface area (Å²) in [5, 5.41) is 1.88. The van der Waals surface area contributed by atoms with Gasteiger partial charge in [0.1, 0.15) is 0 Å². The topological polar surface area (TPSA) is 79.4 Å². The molecule has 9 heteroatoms. The molecule has 0 spiro atoms. The number of allylic oxidation sites excluding steroid dienone is 1. The van der Waals surface area contributed by atoms with Crippen molar-refractivity contribution in [3.8, 4) is 0 Å². The van der Waals surface area contributed by atoms with E-state index in [1.54, 1.807) is 36.4 Å². The number of Topliss-reactive ketones (excluding diaryl/α,β-unsaturated/α-hetero) is 1. The minimum atomic E-state index is -5.31. The van der Waals surface area contributed by atoms with Crippen molar-refractivity contribution < 1.29 is 27.6 Å². The van der Waals surface area contributed by atoms with Gasteiger partial charge in [-0.15, -0.1) is 0 Å². The number of amides is 2. The molecule has 1 aliphatic rings. The van der Waals surface area contributed by atoms with Crippen LogP contribution in [0.1, 0.15) is 33.2 Å². The number of nitrogens with one attached hydrogen (secondary N) is 1. The summed E-state index contributed by atoms with van der Waals surface area (Å²) >= 11 is 0. The van der Waals surface area contributed by atoms with E-state index in [0.29, 0.717) is 0 Å². The first-order valence-electron chi connectivity index (χ1n) is 11.1. The maximum absolute atomic E-state index is 14.9. The lowest BCUT2D eigenvalue weighted by atomic mass is 9.84. The zero-order valence-electron chi connectivity index (χ0n) is 19.3.